The molecule has 3 aliphatic carbocycles. The Kier molecular flexibility index (Phi) is 2.27. The molecule has 0 aliphatic heterocycles. The van der Waals surface area contributed by atoms with Crippen molar-refractivity contribution >= 4 is 5.78 Å². The number of hydrogen-bond acceptors (Lipinski definition) is 1. The largest absolute Gasteiger partial charge is 0.294 e. The molecule has 0 N–H and O–H groups in total. The van der Waals surface area contributed by atoms with Crippen molar-refractivity contribution in [2.24, 2.45) is 11.8 Å². The SMILES string of the molecule is O=C1c2ccccc2C2CC1C1CC2Cc2ccccc21. The first-order chi connectivity index (χ1) is 10.3. The predicted octanol–water partition coefficient (Wildman–Crippen LogP) is 4.33. The lowest BCUT2D eigenvalue weighted by Gasteiger charge is -2.48. The number of carbonyl (C=O) groups is 1. The maximum atomic E-state index is 12.9. The zero-order valence-electron chi connectivity index (χ0n) is 12.0. The van der Waals surface area contributed by atoms with E-state index < -0.39 is 0 Å². The van der Waals surface area contributed by atoms with Crippen molar-refractivity contribution in [2.75, 3.05) is 0 Å². The highest BCUT2D eigenvalue weighted by atomic mass is 16.1. The van der Waals surface area contributed by atoms with Crippen LogP contribution in [-0.4, -0.2) is 5.78 Å². The van der Waals surface area contributed by atoms with Crippen LogP contribution in [-0.2, 0) is 6.42 Å². The Bertz CT molecular complexity index is 745. The van der Waals surface area contributed by atoms with E-state index in [1.54, 1.807) is 0 Å². The minimum absolute atomic E-state index is 0.211. The standard InChI is InChI=1S/C20H18O/c21-20-16-8-4-3-7-15(16)17-11-19(20)18-10-13(17)9-12-5-1-2-6-14(12)18/h1-8,13,17-19H,9-11H2. The van der Waals surface area contributed by atoms with Crippen molar-refractivity contribution in [1.29, 1.82) is 0 Å². The summed E-state index contributed by atoms with van der Waals surface area (Å²) in [4.78, 5) is 12.9. The second-order valence-corrected chi connectivity index (χ2v) is 6.91. The van der Waals surface area contributed by atoms with Gasteiger partial charge in [0.25, 0.3) is 0 Å². The van der Waals surface area contributed by atoms with Crippen LogP contribution < -0.4 is 0 Å². The lowest BCUT2D eigenvalue weighted by molar-refractivity contribution is 0.0771. The van der Waals surface area contributed by atoms with E-state index in [9.17, 15) is 4.79 Å². The topological polar surface area (TPSA) is 17.1 Å². The Balaban J connectivity index is 1.71. The summed E-state index contributed by atoms with van der Waals surface area (Å²) in [5.41, 5.74) is 5.26. The maximum absolute atomic E-state index is 12.9. The summed E-state index contributed by atoms with van der Waals surface area (Å²) < 4.78 is 0. The van der Waals surface area contributed by atoms with Crippen molar-refractivity contribution < 1.29 is 4.79 Å². The summed E-state index contributed by atoms with van der Waals surface area (Å²) >= 11 is 0. The lowest BCUT2D eigenvalue weighted by Crippen LogP contribution is -2.42. The van der Waals surface area contributed by atoms with Crippen molar-refractivity contribution in [3.05, 3.63) is 70.8 Å². The molecule has 0 aromatic heterocycles. The average Bonchev–Trinajstić information content (AvgIpc) is 2.54. The molecule has 0 saturated heterocycles. The minimum atomic E-state index is 0.211. The third kappa shape index (κ3) is 1.49. The summed E-state index contributed by atoms with van der Waals surface area (Å²) in [6.45, 7) is 0. The van der Waals surface area contributed by atoms with Gasteiger partial charge in [-0.1, -0.05) is 48.5 Å². The van der Waals surface area contributed by atoms with Crippen LogP contribution in [0.1, 0.15) is 51.7 Å². The summed E-state index contributed by atoms with van der Waals surface area (Å²) in [6, 6.07) is 17.1. The van der Waals surface area contributed by atoms with Crippen molar-refractivity contribution in [3.63, 3.8) is 0 Å². The van der Waals surface area contributed by atoms with Crippen LogP contribution in [0.25, 0.3) is 0 Å². The molecule has 0 heterocycles. The molecule has 3 aliphatic rings. The summed E-state index contributed by atoms with van der Waals surface area (Å²) in [5, 5.41) is 0. The van der Waals surface area contributed by atoms with E-state index in [0.29, 0.717) is 17.6 Å². The number of benzene rings is 2. The molecule has 104 valence electrons. The number of hydrogen-bond donors (Lipinski definition) is 0. The van der Waals surface area contributed by atoms with Gasteiger partial charge < -0.3 is 0 Å². The molecular weight excluding hydrogens is 256 g/mol. The molecule has 0 amide bonds. The van der Waals surface area contributed by atoms with Crippen LogP contribution in [0, 0.1) is 11.8 Å². The van der Waals surface area contributed by atoms with E-state index in [1.165, 1.54) is 29.5 Å². The molecule has 0 spiro atoms. The number of rotatable bonds is 0. The van der Waals surface area contributed by atoms with E-state index in [4.69, 9.17) is 0 Å². The fourth-order valence-corrected chi connectivity index (χ4v) is 5.13. The van der Waals surface area contributed by atoms with Crippen molar-refractivity contribution in [3.8, 4) is 0 Å². The predicted molar refractivity (Wildman–Crippen MR) is 82.6 cm³/mol. The van der Waals surface area contributed by atoms with Gasteiger partial charge in [-0.05, 0) is 53.7 Å². The number of ketones is 1. The minimum Gasteiger partial charge on any atom is -0.294 e. The summed E-state index contributed by atoms with van der Waals surface area (Å²) in [5.74, 6) is 2.37. The van der Waals surface area contributed by atoms with Gasteiger partial charge in [-0.15, -0.1) is 0 Å². The van der Waals surface area contributed by atoms with Gasteiger partial charge in [-0.25, -0.2) is 0 Å². The lowest BCUT2D eigenvalue weighted by atomic mass is 9.54. The van der Waals surface area contributed by atoms with Crippen molar-refractivity contribution in [1.82, 2.24) is 0 Å². The van der Waals surface area contributed by atoms with Crippen molar-refractivity contribution in [2.45, 2.75) is 31.1 Å². The Morgan fingerprint density at radius 1 is 0.762 bits per heavy atom. The molecule has 1 fully saturated rings. The molecule has 4 unspecified atom stereocenters. The Morgan fingerprint density at radius 2 is 1.52 bits per heavy atom. The van der Waals surface area contributed by atoms with E-state index >= 15 is 0 Å². The van der Waals surface area contributed by atoms with Crippen LogP contribution in [0.4, 0.5) is 0 Å². The van der Waals surface area contributed by atoms with Gasteiger partial charge in [0, 0.05) is 11.5 Å². The van der Waals surface area contributed by atoms with Gasteiger partial charge in [-0.2, -0.15) is 0 Å². The molecule has 1 saturated carbocycles. The van der Waals surface area contributed by atoms with Crippen LogP contribution >= 0.6 is 0 Å². The molecule has 1 nitrogen and oxygen atoms in total. The zero-order chi connectivity index (χ0) is 14.0. The highest BCUT2D eigenvalue weighted by molar-refractivity contribution is 6.01. The molecule has 5 rings (SSSR count). The molecule has 0 radical (unpaired) electrons. The smallest absolute Gasteiger partial charge is 0.166 e. The van der Waals surface area contributed by atoms with Gasteiger partial charge in [0.05, 0.1) is 0 Å². The Morgan fingerprint density at radius 3 is 2.43 bits per heavy atom. The summed E-state index contributed by atoms with van der Waals surface area (Å²) in [6.07, 6.45) is 3.46. The zero-order valence-corrected chi connectivity index (χ0v) is 12.0. The molecule has 21 heavy (non-hydrogen) atoms. The second kappa shape index (κ2) is 4.07. The number of carbonyl (C=O) groups excluding carboxylic acids is 1. The fourth-order valence-electron chi connectivity index (χ4n) is 5.13. The van der Waals surface area contributed by atoms with E-state index in [-0.39, 0.29) is 5.92 Å². The first kappa shape index (κ1) is 11.7. The van der Waals surface area contributed by atoms with E-state index in [2.05, 4.69) is 36.4 Å². The monoisotopic (exact) mass is 274 g/mol. The first-order valence-electron chi connectivity index (χ1n) is 8.04. The van der Waals surface area contributed by atoms with Gasteiger partial charge in [0.15, 0.2) is 5.78 Å². The van der Waals surface area contributed by atoms with Crippen LogP contribution in [0.3, 0.4) is 0 Å². The normalized spacial score (nSPS) is 32.3. The van der Waals surface area contributed by atoms with Gasteiger partial charge in [-0.3, -0.25) is 4.79 Å². The van der Waals surface area contributed by atoms with Crippen LogP contribution in [0.15, 0.2) is 48.5 Å². The highest BCUT2D eigenvalue weighted by Crippen LogP contribution is 2.56. The summed E-state index contributed by atoms with van der Waals surface area (Å²) in [7, 11) is 0. The third-order valence-corrected chi connectivity index (χ3v) is 6.02. The van der Waals surface area contributed by atoms with Crippen LogP contribution in [0.2, 0.25) is 0 Å². The molecule has 4 bridgehead atoms. The fraction of sp³-hybridized carbons (Fsp3) is 0.350. The number of Topliss-reactive ketones (excluding diaryl/α,β-unsaturated/α-hetero) is 1. The second-order valence-electron chi connectivity index (χ2n) is 6.91. The highest BCUT2D eigenvalue weighted by Gasteiger charge is 2.48. The van der Waals surface area contributed by atoms with Gasteiger partial charge in [0.2, 0.25) is 0 Å². The average molecular weight is 274 g/mol. The van der Waals surface area contributed by atoms with Crippen LogP contribution in [0.5, 0.6) is 0 Å². The molecule has 2 aromatic carbocycles. The molecule has 1 heteroatoms. The van der Waals surface area contributed by atoms with Gasteiger partial charge >= 0.3 is 0 Å². The first-order valence-corrected chi connectivity index (χ1v) is 8.04. The van der Waals surface area contributed by atoms with E-state index in [0.717, 1.165) is 17.9 Å². The molecular formula is C20H18O. The Labute approximate surface area is 125 Å². The molecule has 4 atom stereocenters. The van der Waals surface area contributed by atoms with Gasteiger partial charge in [0.1, 0.15) is 0 Å². The van der Waals surface area contributed by atoms with E-state index in [1.807, 2.05) is 12.1 Å². The quantitative estimate of drug-likeness (QED) is 0.698. The third-order valence-electron chi connectivity index (χ3n) is 6.02. The Hall–Kier alpha value is -1.89. The maximum Gasteiger partial charge on any atom is 0.166 e. The molecule has 2 aromatic rings. The number of fused-ring (bicyclic) bond motifs is 10.